The number of nitrogens with zero attached hydrogens (tertiary/aromatic N) is 1. The summed E-state index contributed by atoms with van der Waals surface area (Å²) < 4.78 is 29.0. The van der Waals surface area contributed by atoms with E-state index < -0.39 is 24.1 Å². The molecule has 8 heteroatoms. The van der Waals surface area contributed by atoms with Crippen molar-refractivity contribution in [2.24, 2.45) is 0 Å². The number of ether oxygens (including phenoxy) is 1. The quantitative estimate of drug-likeness (QED) is 0.581. The Bertz CT molecular complexity index is 1020. The molecule has 1 aliphatic heterocycles. The molecule has 2 aromatic carbocycles. The number of nitrogens with one attached hydrogen (secondary N) is 1. The maximum Gasteiger partial charge on any atom is 0.387 e. The zero-order valence-electron chi connectivity index (χ0n) is 16.3. The Morgan fingerprint density at radius 3 is 2.53 bits per heavy atom. The summed E-state index contributed by atoms with van der Waals surface area (Å²) in [6, 6.07) is 10.3. The first-order valence-corrected chi connectivity index (χ1v) is 9.62. The van der Waals surface area contributed by atoms with E-state index in [4.69, 9.17) is 0 Å². The highest BCUT2D eigenvalue weighted by Crippen LogP contribution is 2.31. The largest absolute Gasteiger partial charge is 0.435 e. The predicted octanol–water partition coefficient (Wildman–Crippen LogP) is 3.43. The van der Waals surface area contributed by atoms with Gasteiger partial charge >= 0.3 is 12.6 Å². The number of alkyl halides is 2. The van der Waals surface area contributed by atoms with E-state index in [2.05, 4.69) is 10.1 Å². The molecule has 2 aliphatic rings. The Balaban J connectivity index is 1.51. The SMILES string of the molecule is C[C@]1(c2ccc(OC(F)F)cc2)NC(=O)N(CC(=O)c2ccc3c(c2)CCC3)C1=O. The summed E-state index contributed by atoms with van der Waals surface area (Å²) in [6.45, 7) is -1.82. The number of hydrogen-bond acceptors (Lipinski definition) is 4. The fraction of sp³-hybridized carbons (Fsp3) is 0.318. The van der Waals surface area contributed by atoms with Crippen molar-refractivity contribution in [3.63, 3.8) is 0 Å². The number of carbonyl (C=O) groups excluding carboxylic acids is 3. The number of benzene rings is 2. The number of hydrogen-bond donors (Lipinski definition) is 1. The third kappa shape index (κ3) is 3.53. The zero-order chi connectivity index (χ0) is 21.5. The van der Waals surface area contributed by atoms with Crippen LogP contribution in [0.15, 0.2) is 42.5 Å². The lowest BCUT2D eigenvalue weighted by Gasteiger charge is -2.22. The third-order valence-corrected chi connectivity index (χ3v) is 5.65. The molecule has 0 spiro atoms. The minimum Gasteiger partial charge on any atom is -0.435 e. The highest BCUT2D eigenvalue weighted by atomic mass is 19.3. The van der Waals surface area contributed by atoms with Crippen LogP contribution in [-0.4, -0.2) is 35.8 Å². The van der Waals surface area contributed by atoms with Gasteiger partial charge in [-0.05, 0) is 61.1 Å². The van der Waals surface area contributed by atoms with Gasteiger partial charge in [0.15, 0.2) is 5.78 Å². The van der Waals surface area contributed by atoms with Crippen molar-refractivity contribution in [2.75, 3.05) is 6.54 Å². The Kier molecular flexibility index (Phi) is 5.01. The first-order chi connectivity index (χ1) is 14.3. The van der Waals surface area contributed by atoms with Crippen LogP contribution < -0.4 is 10.1 Å². The first-order valence-electron chi connectivity index (χ1n) is 9.62. The third-order valence-electron chi connectivity index (χ3n) is 5.65. The molecule has 1 fully saturated rings. The van der Waals surface area contributed by atoms with Crippen LogP contribution in [0.5, 0.6) is 5.75 Å². The van der Waals surface area contributed by atoms with Gasteiger partial charge in [0, 0.05) is 5.56 Å². The van der Waals surface area contributed by atoms with Gasteiger partial charge in [0.25, 0.3) is 5.91 Å². The molecular formula is C22H20F2N2O4. The Labute approximate surface area is 171 Å². The van der Waals surface area contributed by atoms with Gasteiger partial charge in [-0.15, -0.1) is 0 Å². The summed E-state index contributed by atoms with van der Waals surface area (Å²) in [6.07, 6.45) is 2.97. The smallest absolute Gasteiger partial charge is 0.387 e. The molecule has 4 rings (SSSR count). The minimum absolute atomic E-state index is 0.0576. The number of urea groups is 1. The van der Waals surface area contributed by atoms with Crippen LogP contribution in [0.25, 0.3) is 0 Å². The van der Waals surface area contributed by atoms with Crippen molar-refractivity contribution in [2.45, 2.75) is 38.3 Å². The second-order valence-electron chi connectivity index (χ2n) is 7.61. The highest BCUT2D eigenvalue weighted by Gasteiger charge is 2.49. The monoisotopic (exact) mass is 414 g/mol. The fourth-order valence-corrected chi connectivity index (χ4v) is 3.99. The molecule has 1 atom stereocenters. The Morgan fingerprint density at radius 1 is 1.13 bits per heavy atom. The van der Waals surface area contributed by atoms with Gasteiger partial charge < -0.3 is 10.1 Å². The molecule has 6 nitrogen and oxygen atoms in total. The van der Waals surface area contributed by atoms with Crippen LogP contribution >= 0.6 is 0 Å². The maximum absolute atomic E-state index is 13.0. The Morgan fingerprint density at radius 2 is 1.83 bits per heavy atom. The van der Waals surface area contributed by atoms with E-state index in [0.29, 0.717) is 11.1 Å². The number of rotatable bonds is 6. The topological polar surface area (TPSA) is 75.7 Å². The lowest BCUT2D eigenvalue weighted by molar-refractivity contribution is -0.130. The van der Waals surface area contributed by atoms with Crippen molar-refractivity contribution >= 4 is 17.7 Å². The van der Waals surface area contributed by atoms with Crippen molar-refractivity contribution in [1.29, 1.82) is 0 Å². The predicted molar refractivity (Wildman–Crippen MR) is 103 cm³/mol. The molecule has 0 unspecified atom stereocenters. The Hall–Kier alpha value is -3.29. The van der Waals surface area contributed by atoms with Gasteiger partial charge in [-0.1, -0.05) is 24.3 Å². The molecule has 0 saturated carbocycles. The molecule has 3 amide bonds. The van der Waals surface area contributed by atoms with Crippen LogP contribution in [0.4, 0.5) is 13.6 Å². The van der Waals surface area contributed by atoms with E-state index >= 15 is 0 Å². The number of aryl methyl sites for hydroxylation is 2. The molecule has 1 aliphatic carbocycles. The molecule has 30 heavy (non-hydrogen) atoms. The molecule has 1 saturated heterocycles. The van der Waals surface area contributed by atoms with Gasteiger partial charge in [-0.2, -0.15) is 8.78 Å². The van der Waals surface area contributed by atoms with Crippen LogP contribution in [0, 0.1) is 0 Å². The lowest BCUT2D eigenvalue weighted by Crippen LogP contribution is -2.41. The van der Waals surface area contributed by atoms with Crippen LogP contribution in [0.3, 0.4) is 0 Å². The molecule has 1 heterocycles. The summed E-state index contributed by atoms with van der Waals surface area (Å²) in [5, 5.41) is 2.60. The maximum atomic E-state index is 13.0. The molecule has 156 valence electrons. The second-order valence-corrected chi connectivity index (χ2v) is 7.61. The van der Waals surface area contributed by atoms with Gasteiger partial charge in [0.05, 0.1) is 6.54 Å². The molecule has 0 aromatic heterocycles. The van der Waals surface area contributed by atoms with E-state index in [9.17, 15) is 23.2 Å². The van der Waals surface area contributed by atoms with Crippen molar-refractivity contribution in [1.82, 2.24) is 10.2 Å². The normalized spacial score (nSPS) is 20.5. The summed E-state index contributed by atoms with van der Waals surface area (Å²) in [4.78, 5) is 39.1. The first kappa shape index (κ1) is 20.0. The lowest BCUT2D eigenvalue weighted by atomic mass is 9.92. The molecular weight excluding hydrogens is 394 g/mol. The average molecular weight is 414 g/mol. The summed E-state index contributed by atoms with van der Waals surface area (Å²) >= 11 is 0. The molecule has 0 radical (unpaired) electrons. The zero-order valence-corrected chi connectivity index (χ0v) is 16.3. The van der Waals surface area contributed by atoms with E-state index in [1.807, 2.05) is 12.1 Å². The minimum atomic E-state index is -2.96. The van der Waals surface area contributed by atoms with Crippen molar-refractivity contribution in [3.05, 3.63) is 64.7 Å². The second kappa shape index (κ2) is 7.51. The fourth-order valence-electron chi connectivity index (χ4n) is 3.99. The average Bonchev–Trinajstić information content (AvgIpc) is 3.26. The van der Waals surface area contributed by atoms with Gasteiger partial charge in [-0.25, -0.2) is 4.79 Å². The van der Waals surface area contributed by atoms with Crippen molar-refractivity contribution in [3.8, 4) is 5.75 Å². The number of ketones is 1. The van der Waals surface area contributed by atoms with Crippen LogP contribution in [0.1, 0.15) is 40.4 Å². The van der Waals surface area contributed by atoms with E-state index in [0.717, 1.165) is 29.7 Å². The van der Waals surface area contributed by atoms with Crippen LogP contribution in [0.2, 0.25) is 0 Å². The number of imide groups is 1. The molecule has 0 bridgehead atoms. The highest BCUT2D eigenvalue weighted by molar-refractivity contribution is 6.11. The summed E-state index contributed by atoms with van der Waals surface area (Å²) in [5.41, 5.74) is 1.83. The number of halogens is 2. The number of fused-ring (bicyclic) bond motifs is 1. The van der Waals surface area contributed by atoms with Gasteiger partial charge in [0.1, 0.15) is 11.3 Å². The van der Waals surface area contributed by atoms with E-state index in [-0.39, 0.29) is 18.1 Å². The van der Waals surface area contributed by atoms with E-state index in [1.165, 1.54) is 36.8 Å². The number of carbonyl (C=O) groups is 3. The van der Waals surface area contributed by atoms with Gasteiger partial charge in [0.2, 0.25) is 0 Å². The summed E-state index contributed by atoms with van der Waals surface area (Å²) in [5.74, 6) is -0.958. The van der Waals surface area contributed by atoms with Crippen molar-refractivity contribution < 1.29 is 27.9 Å². The van der Waals surface area contributed by atoms with Gasteiger partial charge in [-0.3, -0.25) is 14.5 Å². The number of amides is 3. The summed E-state index contributed by atoms with van der Waals surface area (Å²) in [7, 11) is 0. The van der Waals surface area contributed by atoms with E-state index in [1.54, 1.807) is 6.07 Å². The molecule has 1 N–H and O–H groups in total. The number of Topliss-reactive ketones (excluding diaryl/α,β-unsaturated/α-hetero) is 1. The molecule has 2 aromatic rings. The standard InChI is InChI=1S/C22H20F2N2O4/c1-22(16-7-9-17(10-8-16)30-20(23)24)19(28)26(21(29)25-22)12-18(27)15-6-5-13-3-2-4-14(13)11-15/h5-11,20H,2-4,12H2,1H3,(H,25,29)/t22-/m1/s1. The van der Waals surface area contributed by atoms with Crippen LogP contribution in [-0.2, 0) is 23.2 Å².